The molecule has 3 heteroatoms. The second kappa shape index (κ2) is 4.26. The number of nitrogens with zero attached hydrogens (tertiary/aromatic N) is 2. The van der Waals surface area contributed by atoms with Crippen molar-refractivity contribution in [2.45, 2.75) is 0 Å². The molecule has 0 spiro atoms. The maximum Gasteiger partial charge on any atom is 0.327 e. The summed E-state index contributed by atoms with van der Waals surface area (Å²) in [7, 11) is 0. The van der Waals surface area contributed by atoms with Crippen molar-refractivity contribution in [1.82, 2.24) is 4.98 Å². The van der Waals surface area contributed by atoms with Gasteiger partial charge in [-0.3, -0.25) is 0 Å². The summed E-state index contributed by atoms with van der Waals surface area (Å²) in [4.78, 5) is 4.34. The zero-order valence-electron chi connectivity index (χ0n) is 9.05. The lowest BCUT2D eigenvalue weighted by atomic mass is 10.1. The van der Waals surface area contributed by atoms with E-state index in [2.05, 4.69) is 37.4 Å². The number of hydrogen-bond donors (Lipinski definition) is 0. The first-order valence-electron chi connectivity index (χ1n) is 5.36. The van der Waals surface area contributed by atoms with Crippen molar-refractivity contribution in [3.05, 3.63) is 65.4 Å². The Labute approximate surface area is 108 Å². The van der Waals surface area contributed by atoms with Crippen LogP contribution < -0.4 is 4.40 Å². The lowest BCUT2D eigenvalue weighted by Crippen LogP contribution is -2.25. The van der Waals surface area contributed by atoms with Crippen LogP contribution in [0.3, 0.4) is 0 Å². The van der Waals surface area contributed by atoms with Gasteiger partial charge in [0.05, 0.1) is 6.20 Å². The fourth-order valence-corrected chi connectivity index (χ4v) is 2.13. The third kappa shape index (κ3) is 1.94. The van der Waals surface area contributed by atoms with E-state index in [1.807, 2.05) is 48.8 Å². The van der Waals surface area contributed by atoms with Crippen LogP contribution in [-0.2, 0) is 0 Å². The van der Waals surface area contributed by atoms with Crippen molar-refractivity contribution in [2.24, 2.45) is 0 Å². The van der Waals surface area contributed by atoms with Crippen LogP contribution in [0.15, 0.2) is 65.4 Å². The number of benzene rings is 1. The Morgan fingerprint density at radius 1 is 0.941 bits per heavy atom. The fraction of sp³-hybridized carbons (Fsp3) is 0. The maximum absolute atomic E-state index is 4.34. The van der Waals surface area contributed by atoms with Gasteiger partial charge in [-0.25, -0.2) is 0 Å². The normalized spacial score (nSPS) is 10.6. The SMILES string of the molecule is Brc1ccc(-c2ccnc3cccc[n+]23)cc1. The summed E-state index contributed by atoms with van der Waals surface area (Å²) in [5, 5.41) is 0. The number of pyridine rings is 1. The van der Waals surface area contributed by atoms with Crippen LogP contribution in [-0.4, -0.2) is 4.98 Å². The second-order valence-electron chi connectivity index (χ2n) is 3.77. The second-order valence-corrected chi connectivity index (χ2v) is 4.68. The topological polar surface area (TPSA) is 17.0 Å². The molecule has 0 unspecified atom stereocenters. The number of fused-ring (bicyclic) bond motifs is 1. The minimum atomic E-state index is 0.952. The average molecular weight is 286 g/mol. The average Bonchev–Trinajstić information content (AvgIpc) is 2.39. The summed E-state index contributed by atoms with van der Waals surface area (Å²) in [6.07, 6.45) is 3.87. The third-order valence-corrected chi connectivity index (χ3v) is 3.21. The summed E-state index contributed by atoms with van der Waals surface area (Å²) in [5.74, 6) is 0. The Kier molecular flexibility index (Phi) is 2.61. The van der Waals surface area contributed by atoms with Crippen molar-refractivity contribution in [3.8, 4) is 11.3 Å². The fourth-order valence-electron chi connectivity index (χ4n) is 1.86. The Balaban J connectivity index is 2.27. The Morgan fingerprint density at radius 2 is 1.76 bits per heavy atom. The largest absolute Gasteiger partial charge is 0.327 e. The van der Waals surface area contributed by atoms with E-state index in [0.717, 1.165) is 15.8 Å². The third-order valence-electron chi connectivity index (χ3n) is 2.68. The number of rotatable bonds is 1. The van der Waals surface area contributed by atoms with E-state index in [1.165, 1.54) is 5.56 Å². The molecule has 0 atom stereocenters. The zero-order chi connectivity index (χ0) is 11.7. The molecule has 0 N–H and O–H groups in total. The summed E-state index contributed by atoms with van der Waals surface area (Å²) in [6.45, 7) is 0. The molecular weight excluding hydrogens is 276 g/mol. The maximum atomic E-state index is 4.34. The number of halogens is 1. The molecule has 0 saturated heterocycles. The molecule has 0 aliphatic rings. The van der Waals surface area contributed by atoms with E-state index in [0.29, 0.717) is 0 Å². The molecule has 0 aliphatic heterocycles. The van der Waals surface area contributed by atoms with Crippen LogP contribution in [0.1, 0.15) is 0 Å². The molecule has 82 valence electrons. The van der Waals surface area contributed by atoms with Gasteiger partial charge in [0.25, 0.3) is 0 Å². The van der Waals surface area contributed by atoms with E-state index in [9.17, 15) is 0 Å². The molecule has 2 heterocycles. The highest BCUT2D eigenvalue weighted by Gasteiger charge is 2.09. The summed E-state index contributed by atoms with van der Waals surface area (Å²) in [5.41, 5.74) is 3.27. The molecule has 2 nitrogen and oxygen atoms in total. The highest BCUT2D eigenvalue weighted by atomic mass is 79.9. The van der Waals surface area contributed by atoms with Gasteiger partial charge in [-0.1, -0.05) is 22.0 Å². The molecular formula is C14H10BrN2+. The molecule has 0 fully saturated rings. The molecule has 0 saturated carbocycles. The summed E-state index contributed by atoms with van der Waals surface area (Å²) >= 11 is 3.45. The van der Waals surface area contributed by atoms with Crippen molar-refractivity contribution >= 4 is 21.6 Å². The van der Waals surface area contributed by atoms with Crippen LogP contribution in [0.4, 0.5) is 0 Å². The van der Waals surface area contributed by atoms with E-state index in [-0.39, 0.29) is 0 Å². The summed E-state index contributed by atoms with van der Waals surface area (Å²) < 4.78 is 3.17. The van der Waals surface area contributed by atoms with Crippen LogP contribution in [0.2, 0.25) is 0 Å². The van der Waals surface area contributed by atoms with E-state index in [1.54, 1.807) is 0 Å². The zero-order valence-corrected chi connectivity index (χ0v) is 10.6. The molecule has 1 aromatic carbocycles. The molecule has 3 aromatic rings. The van der Waals surface area contributed by atoms with Crippen molar-refractivity contribution in [1.29, 1.82) is 0 Å². The number of aromatic nitrogens is 2. The van der Waals surface area contributed by atoms with Gasteiger partial charge in [0, 0.05) is 22.2 Å². The van der Waals surface area contributed by atoms with Crippen molar-refractivity contribution in [2.75, 3.05) is 0 Å². The quantitative estimate of drug-likeness (QED) is 0.628. The first-order valence-corrected chi connectivity index (χ1v) is 6.15. The Hall–Kier alpha value is -1.74. The molecule has 17 heavy (non-hydrogen) atoms. The van der Waals surface area contributed by atoms with E-state index < -0.39 is 0 Å². The van der Waals surface area contributed by atoms with Gasteiger partial charge in [-0.05, 0) is 35.3 Å². The minimum Gasteiger partial charge on any atom is -0.196 e. The van der Waals surface area contributed by atoms with Gasteiger partial charge < -0.3 is 0 Å². The monoisotopic (exact) mass is 285 g/mol. The van der Waals surface area contributed by atoms with Crippen LogP contribution in [0, 0.1) is 0 Å². The molecule has 3 rings (SSSR count). The lowest BCUT2D eigenvalue weighted by Gasteiger charge is -2.01. The van der Waals surface area contributed by atoms with Crippen LogP contribution in [0.25, 0.3) is 16.9 Å². The van der Waals surface area contributed by atoms with E-state index in [4.69, 9.17) is 0 Å². The van der Waals surface area contributed by atoms with Crippen molar-refractivity contribution < 1.29 is 4.40 Å². The van der Waals surface area contributed by atoms with E-state index >= 15 is 0 Å². The predicted molar refractivity (Wildman–Crippen MR) is 70.5 cm³/mol. The van der Waals surface area contributed by atoms with Crippen molar-refractivity contribution in [3.63, 3.8) is 0 Å². The van der Waals surface area contributed by atoms with Crippen LogP contribution >= 0.6 is 15.9 Å². The minimum absolute atomic E-state index is 0.952. The summed E-state index contributed by atoms with van der Waals surface area (Å²) in [6, 6.07) is 16.3. The van der Waals surface area contributed by atoms with Crippen LogP contribution in [0.5, 0.6) is 0 Å². The van der Waals surface area contributed by atoms with Gasteiger partial charge in [0.2, 0.25) is 0 Å². The van der Waals surface area contributed by atoms with Gasteiger partial charge >= 0.3 is 5.65 Å². The number of hydrogen-bond acceptors (Lipinski definition) is 1. The molecule has 0 aliphatic carbocycles. The molecule has 0 amide bonds. The van der Waals surface area contributed by atoms with Gasteiger partial charge in [-0.2, -0.15) is 4.40 Å². The Bertz CT molecular complexity index is 657. The highest BCUT2D eigenvalue weighted by Crippen LogP contribution is 2.18. The van der Waals surface area contributed by atoms with Gasteiger partial charge in [0.15, 0.2) is 0 Å². The Morgan fingerprint density at radius 3 is 2.59 bits per heavy atom. The molecule has 2 aromatic heterocycles. The standard InChI is InChI=1S/C14H10BrN2/c15-12-6-4-11(5-7-12)13-8-9-16-14-3-1-2-10-17(13)14/h1-10H/q+1. The first-order chi connectivity index (χ1) is 8.34. The molecule has 0 radical (unpaired) electrons. The van der Waals surface area contributed by atoms with Gasteiger partial charge in [0.1, 0.15) is 11.9 Å². The predicted octanol–water partition coefficient (Wildman–Crippen LogP) is 3.25. The highest BCUT2D eigenvalue weighted by molar-refractivity contribution is 9.10. The lowest BCUT2D eigenvalue weighted by molar-refractivity contribution is -0.502. The first kappa shape index (κ1) is 10.4. The molecule has 0 bridgehead atoms. The van der Waals surface area contributed by atoms with Gasteiger partial charge in [-0.15, -0.1) is 0 Å². The smallest absolute Gasteiger partial charge is 0.196 e.